The highest BCUT2D eigenvalue weighted by atomic mass is 16.5. The van der Waals surface area contributed by atoms with E-state index in [2.05, 4.69) is 17.1 Å². The van der Waals surface area contributed by atoms with E-state index >= 15 is 0 Å². The first kappa shape index (κ1) is 22.1. The fourth-order valence-corrected chi connectivity index (χ4v) is 4.66. The molecular weight excluding hydrogens is 364 g/mol. The van der Waals surface area contributed by atoms with Crippen molar-refractivity contribution in [3.8, 4) is 5.75 Å². The van der Waals surface area contributed by atoms with Gasteiger partial charge in [0.2, 0.25) is 0 Å². The van der Waals surface area contributed by atoms with Crippen LogP contribution in [0.3, 0.4) is 0 Å². The van der Waals surface area contributed by atoms with Gasteiger partial charge in [0.05, 0.1) is 0 Å². The van der Waals surface area contributed by atoms with Gasteiger partial charge in [0.15, 0.2) is 0 Å². The summed E-state index contributed by atoms with van der Waals surface area (Å²) in [5, 5.41) is 3.08. The Morgan fingerprint density at radius 2 is 1.83 bits per heavy atom. The van der Waals surface area contributed by atoms with E-state index in [9.17, 15) is 4.79 Å². The van der Waals surface area contributed by atoms with Gasteiger partial charge in [-0.1, -0.05) is 32.1 Å². The Bertz CT molecular complexity index is 624. The summed E-state index contributed by atoms with van der Waals surface area (Å²) >= 11 is 0. The zero-order valence-corrected chi connectivity index (χ0v) is 18.3. The summed E-state index contributed by atoms with van der Waals surface area (Å²) in [7, 11) is 0. The Balaban J connectivity index is 1.50. The van der Waals surface area contributed by atoms with Crippen molar-refractivity contribution in [1.82, 2.24) is 4.90 Å². The van der Waals surface area contributed by atoms with Crippen LogP contribution < -0.4 is 10.1 Å². The Morgan fingerprint density at radius 3 is 2.48 bits per heavy atom. The molecule has 1 aliphatic heterocycles. The maximum absolute atomic E-state index is 13.0. The van der Waals surface area contributed by atoms with Crippen molar-refractivity contribution in [3.05, 3.63) is 24.3 Å². The molecule has 1 saturated carbocycles. The van der Waals surface area contributed by atoms with Gasteiger partial charge >= 0.3 is 0 Å². The highest BCUT2D eigenvalue weighted by Gasteiger charge is 2.39. The van der Waals surface area contributed by atoms with E-state index in [1.165, 1.54) is 38.6 Å². The number of carbonyl (C=O) groups is 1. The third-order valence-electron chi connectivity index (χ3n) is 6.45. The lowest BCUT2D eigenvalue weighted by atomic mass is 9.93. The first-order chi connectivity index (χ1) is 14.1. The number of ether oxygens (including phenoxy) is 2. The fourth-order valence-electron chi connectivity index (χ4n) is 4.66. The van der Waals surface area contributed by atoms with Crippen LogP contribution in [0.4, 0.5) is 5.69 Å². The van der Waals surface area contributed by atoms with Crippen molar-refractivity contribution in [2.45, 2.75) is 83.3 Å². The molecule has 2 fully saturated rings. The molecule has 3 rings (SSSR count). The Hall–Kier alpha value is -1.59. The van der Waals surface area contributed by atoms with Crippen LogP contribution in [0.25, 0.3) is 0 Å². The van der Waals surface area contributed by atoms with Crippen LogP contribution in [0.1, 0.15) is 71.6 Å². The SMILES string of the molecule is CCOC1(C(=O)Nc2ccc(OCCN3CCCC[C@H]3C)cc2)CCCCCC1. The number of piperidine rings is 1. The van der Waals surface area contributed by atoms with Gasteiger partial charge in [-0.15, -0.1) is 0 Å². The average molecular weight is 403 g/mol. The van der Waals surface area contributed by atoms with Crippen molar-refractivity contribution >= 4 is 11.6 Å². The van der Waals surface area contributed by atoms with Crippen molar-refractivity contribution in [2.75, 3.05) is 31.6 Å². The molecular formula is C24H38N2O3. The number of hydrogen-bond acceptors (Lipinski definition) is 4. The van der Waals surface area contributed by atoms with E-state index < -0.39 is 5.60 Å². The van der Waals surface area contributed by atoms with E-state index in [0.717, 1.165) is 43.7 Å². The maximum Gasteiger partial charge on any atom is 0.256 e. The number of hydrogen-bond donors (Lipinski definition) is 1. The molecule has 0 radical (unpaired) electrons. The van der Waals surface area contributed by atoms with Crippen molar-refractivity contribution in [3.63, 3.8) is 0 Å². The Kier molecular flexibility index (Phi) is 8.37. The van der Waals surface area contributed by atoms with Crippen molar-refractivity contribution < 1.29 is 14.3 Å². The number of rotatable bonds is 8. The van der Waals surface area contributed by atoms with Gasteiger partial charge < -0.3 is 14.8 Å². The van der Waals surface area contributed by atoms with E-state index in [1.54, 1.807) is 0 Å². The maximum atomic E-state index is 13.0. The molecule has 1 atom stereocenters. The molecule has 162 valence electrons. The second-order valence-corrected chi connectivity index (χ2v) is 8.55. The van der Waals surface area contributed by atoms with Crippen LogP contribution in [0, 0.1) is 0 Å². The minimum Gasteiger partial charge on any atom is -0.492 e. The molecule has 0 spiro atoms. The summed E-state index contributed by atoms with van der Waals surface area (Å²) in [6.45, 7) is 7.68. The standard InChI is InChI=1S/C24H38N2O3/c1-3-29-24(15-7-4-5-8-16-24)23(27)25-21-11-13-22(14-12-21)28-19-18-26-17-9-6-10-20(26)2/h11-14,20H,3-10,15-19H2,1-2H3,(H,25,27)/t20-/m1/s1. The zero-order valence-electron chi connectivity index (χ0n) is 18.3. The molecule has 1 heterocycles. The molecule has 1 aromatic carbocycles. The Labute approximate surface area is 176 Å². The number of amides is 1. The lowest BCUT2D eigenvalue weighted by molar-refractivity contribution is -0.143. The largest absolute Gasteiger partial charge is 0.492 e. The number of carbonyl (C=O) groups excluding carboxylic acids is 1. The summed E-state index contributed by atoms with van der Waals surface area (Å²) in [5.41, 5.74) is 0.126. The zero-order chi connectivity index (χ0) is 20.5. The molecule has 29 heavy (non-hydrogen) atoms. The normalized spacial score (nSPS) is 22.6. The quantitative estimate of drug-likeness (QED) is 0.621. The van der Waals surface area contributed by atoms with Crippen LogP contribution in [0.2, 0.25) is 0 Å². The van der Waals surface area contributed by atoms with Crippen LogP contribution in [0.15, 0.2) is 24.3 Å². The van der Waals surface area contributed by atoms with Gasteiger partial charge in [0, 0.05) is 24.9 Å². The molecule has 2 aliphatic rings. The van der Waals surface area contributed by atoms with Crippen molar-refractivity contribution in [2.24, 2.45) is 0 Å². The van der Waals surface area contributed by atoms with E-state index in [4.69, 9.17) is 9.47 Å². The van der Waals surface area contributed by atoms with E-state index in [0.29, 0.717) is 19.3 Å². The fraction of sp³-hybridized carbons (Fsp3) is 0.708. The highest BCUT2D eigenvalue weighted by Crippen LogP contribution is 2.32. The first-order valence-electron chi connectivity index (χ1n) is 11.6. The average Bonchev–Trinajstić information content (AvgIpc) is 2.98. The Morgan fingerprint density at radius 1 is 1.10 bits per heavy atom. The third-order valence-corrected chi connectivity index (χ3v) is 6.45. The smallest absolute Gasteiger partial charge is 0.256 e. The molecule has 1 N–H and O–H groups in total. The predicted molar refractivity (Wildman–Crippen MR) is 118 cm³/mol. The minimum absolute atomic E-state index is 0.00555. The minimum atomic E-state index is -0.675. The molecule has 1 amide bonds. The van der Waals surface area contributed by atoms with Crippen LogP contribution in [-0.2, 0) is 9.53 Å². The molecule has 1 saturated heterocycles. The van der Waals surface area contributed by atoms with Gasteiger partial charge in [-0.3, -0.25) is 9.69 Å². The van der Waals surface area contributed by atoms with Gasteiger partial charge in [0.25, 0.3) is 5.91 Å². The molecule has 1 aromatic rings. The number of nitrogens with zero attached hydrogens (tertiary/aromatic N) is 1. The lowest BCUT2D eigenvalue weighted by Crippen LogP contribution is -2.45. The lowest BCUT2D eigenvalue weighted by Gasteiger charge is -2.33. The molecule has 5 heteroatoms. The third kappa shape index (κ3) is 6.19. The van der Waals surface area contributed by atoms with E-state index in [1.807, 2.05) is 31.2 Å². The van der Waals surface area contributed by atoms with Crippen LogP contribution in [-0.4, -0.2) is 48.8 Å². The monoisotopic (exact) mass is 402 g/mol. The predicted octanol–water partition coefficient (Wildman–Crippen LogP) is 5.01. The number of likely N-dealkylation sites (tertiary alicyclic amines) is 1. The molecule has 0 unspecified atom stereocenters. The van der Waals surface area contributed by atoms with E-state index in [-0.39, 0.29) is 5.91 Å². The summed E-state index contributed by atoms with van der Waals surface area (Å²) in [6, 6.07) is 8.39. The topological polar surface area (TPSA) is 50.8 Å². The number of benzene rings is 1. The second-order valence-electron chi connectivity index (χ2n) is 8.55. The summed E-state index contributed by atoms with van der Waals surface area (Å²) < 4.78 is 11.9. The molecule has 0 aromatic heterocycles. The molecule has 5 nitrogen and oxygen atoms in total. The van der Waals surface area contributed by atoms with Crippen LogP contribution >= 0.6 is 0 Å². The summed E-state index contributed by atoms with van der Waals surface area (Å²) in [5.74, 6) is 0.843. The summed E-state index contributed by atoms with van der Waals surface area (Å²) in [4.78, 5) is 15.5. The first-order valence-corrected chi connectivity index (χ1v) is 11.6. The van der Waals surface area contributed by atoms with Gasteiger partial charge in [-0.05, 0) is 70.3 Å². The molecule has 1 aliphatic carbocycles. The number of anilines is 1. The summed E-state index contributed by atoms with van der Waals surface area (Å²) in [6.07, 6.45) is 10.0. The van der Waals surface area contributed by atoms with Gasteiger partial charge in [-0.25, -0.2) is 0 Å². The van der Waals surface area contributed by atoms with Crippen molar-refractivity contribution in [1.29, 1.82) is 0 Å². The van der Waals surface area contributed by atoms with Gasteiger partial charge in [-0.2, -0.15) is 0 Å². The highest BCUT2D eigenvalue weighted by molar-refractivity contribution is 5.97. The second kappa shape index (κ2) is 11.0. The van der Waals surface area contributed by atoms with Gasteiger partial charge in [0.1, 0.15) is 18.0 Å². The number of nitrogens with one attached hydrogen (secondary N) is 1. The molecule has 0 bridgehead atoms. The van der Waals surface area contributed by atoms with Crippen LogP contribution in [0.5, 0.6) is 5.75 Å².